The van der Waals surface area contributed by atoms with Crippen LogP contribution in [-0.4, -0.2) is 50.0 Å². The zero-order valence-electron chi connectivity index (χ0n) is 13.1. The average molecular weight is 393 g/mol. The van der Waals surface area contributed by atoms with Gasteiger partial charge in [0.25, 0.3) is 5.91 Å². The molecular weight excluding hydrogens is 376 g/mol. The number of carboxylic acids is 1. The molecule has 0 aliphatic carbocycles. The summed E-state index contributed by atoms with van der Waals surface area (Å²) in [5.41, 5.74) is 1.79. The zero-order valence-corrected chi connectivity index (χ0v) is 14.7. The third kappa shape index (κ3) is 3.19. The fraction of sp³-hybridized carbons (Fsp3) is 0.375. The summed E-state index contributed by atoms with van der Waals surface area (Å²) in [7, 11) is 0. The van der Waals surface area contributed by atoms with Crippen molar-refractivity contribution >= 4 is 27.8 Å². The first-order valence-electron chi connectivity index (χ1n) is 7.67. The van der Waals surface area contributed by atoms with Crippen molar-refractivity contribution in [3.63, 3.8) is 0 Å². The van der Waals surface area contributed by atoms with E-state index in [-0.39, 0.29) is 11.8 Å². The lowest BCUT2D eigenvalue weighted by Gasteiger charge is -2.29. The Kier molecular flexibility index (Phi) is 4.66. The Labute approximate surface area is 147 Å². The number of carboxylic acid groups (broad SMARTS) is 1. The van der Waals surface area contributed by atoms with Crippen LogP contribution in [0.3, 0.4) is 0 Å². The minimum Gasteiger partial charge on any atom is -0.481 e. The van der Waals surface area contributed by atoms with Gasteiger partial charge in [-0.15, -0.1) is 5.10 Å². The lowest BCUT2D eigenvalue weighted by atomic mass is 9.97. The zero-order chi connectivity index (χ0) is 17.3. The molecule has 1 saturated heterocycles. The first-order chi connectivity index (χ1) is 11.5. The van der Waals surface area contributed by atoms with E-state index in [1.54, 1.807) is 16.5 Å². The number of aromatic nitrogens is 3. The molecule has 0 spiro atoms. The van der Waals surface area contributed by atoms with E-state index in [9.17, 15) is 9.59 Å². The molecule has 8 heteroatoms. The van der Waals surface area contributed by atoms with E-state index in [2.05, 4.69) is 26.2 Å². The summed E-state index contributed by atoms with van der Waals surface area (Å²) in [4.78, 5) is 25.3. The van der Waals surface area contributed by atoms with Crippen molar-refractivity contribution in [3.8, 4) is 5.69 Å². The number of piperidine rings is 1. The van der Waals surface area contributed by atoms with E-state index in [4.69, 9.17) is 5.11 Å². The molecule has 2 heterocycles. The van der Waals surface area contributed by atoms with Crippen LogP contribution in [0.5, 0.6) is 0 Å². The van der Waals surface area contributed by atoms with E-state index in [1.807, 2.05) is 24.3 Å². The van der Waals surface area contributed by atoms with E-state index in [0.29, 0.717) is 37.3 Å². The Bertz CT molecular complexity index is 781. The summed E-state index contributed by atoms with van der Waals surface area (Å²) >= 11 is 3.41. The van der Waals surface area contributed by atoms with Crippen molar-refractivity contribution in [3.05, 3.63) is 40.1 Å². The normalized spacial score (nSPS) is 15.5. The number of hydrogen-bond donors (Lipinski definition) is 1. The highest BCUT2D eigenvalue weighted by Crippen LogP contribution is 2.21. The first kappa shape index (κ1) is 16.6. The highest BCUT2D eigenvalue weighted by atomic mass is 79.9. The Hall–Kier alpha value is -2.22. The van der Waals surface area contributed by atoms with Crippen LogP contribution in [0, 0.1) is 12.8 Å². The largest absolute Gasteiger partial charge is 0.481 e. The molecule has 1 N–H and O–H groups in total. The third-order valence-corrected chi connectivity index (χ3v) is 4.77. The molecule has 24 heavy (non-hydrogen) atoms. The summed E-state index contributed by atoms with van der Waals surface area (Å²) in [5, 5.41) is 17.2. The standard InChI is InChI=1S/C16H17BrN4O3/c1-10-14(15(22)20-7-5-11(6-8-20)16(23)24)18-19-21(10)13-4-2-3-12(17)9-13/h2-4,9,11H,5-8H2,1H3,(H,23,24). The maximum Gasteiger partial charge on any atom is 0.306 e. The Morgan fingerprint density at radius 3 is 2.62 bits per heavy atom. The smallest absolute Gasteiger partial charge is 0.306 e. The van der Waals surface area contributed by atoms with E-state index in [0.717, 1.165) is 10.2 Å². The second kappa shape index (κ2) is 6.72. The molecule has 7 nitrogen and oxygen atoms in total. The van der Waals surface area contributed by atoms with Gasteiger partial charge in [-0.1, -0.05) is 27.2 Å². The number of nitrogens with zero attached hydrogens (tertiary/aromatic N) is 4. The summed E-state index contributed by atoms with van der Waals surface area (Å²) in [5.74, 6) is -1.36. The van der Waals surface area contributed by atoms with Crippen molar-refractivity contribution in [1.29, 1.82) is 0 Å². The molecule has 1 aliphatic heterocycles. The maximum atomic E-state index is 12.7. The molecule has 126 valence electrons. The van der Waals surface area contributed by atoms with Gasteiger partial charge in [0.1, 0.15) is 0 Å². The number of carbonyl (C=O) groups excluding carboxylic acids is 1. The van der Waals surface area contributed by atoms with Gasteiger partial charge in [-0.05, 0) is 38.0 Å². The second-order valence-electron chi connectivity index (χ2n) is 5.82. The molecule has 0 radical (unpaired) electrons. The topological polar surface area (TPSA) is 88.3 Å². The maximum absolute atomic E-state index is 12.7. The van der Waals surface area contributed by atoms with Crippen LogP contribution >= 0.6 is 15.9 Å². The average Bonchev–Trinajstić information content (AvgIpc) is 2.96. The van der Waals surface area contributed by atoms with Gasteiger partial charge in [0, 0.05) is 17.6 Å². The molecule has 0 unspecified atom stereocenters. The van der Waals surface area contributed by atoms with Gasteiger partial charge in [0.2, 0.25) is 0 Å². The van der Waals surface area contributed by atoms with Crippen molar-refractivity contribution in [2.45, 2.75) is 19.8 Å². The van der Waals surface area contributed by atoms with Gasteiger partial charge >= 0.3 is 5.97 Å². The van der Waals surface area contributed by atoms with Gasteiger partial charge in [-0.25, -0.2) is 4.68 Å². The summed E-state index contributed by atoms with van der Waals surface area (Å²) in [6, 6.07) is 7.58. The van der Waals surface area contributed by atoms with E-state index >= 15 is 0 Å². The van der Waals surface area contributed by atoms with E-state index < -0.39 is 5.97 Å². The number of carbonyl (C=O) groups is 2. The molecule has 3 rings (SSSR count). The molecule has 0 saturated carbocycles. The molecule has 0 bridgehead atoms. The van der Waals surface area contributed by atoms with Crippen molar-refractivity contribution in [2.24, 2.45) is 5.92 Å². The fourth-order valence-electron chi connectivity index (χ4n) is 2.86. The van der Waals surface area contributed by atoms with Gasteiger partial charge in [0.05, 0.1) is 17.3 Å². The van der Waals surface area contributed by atoms with Crippen molar-refractivity contribution < 1.29 is 14.7 Å². The number of benzene rings is 1. The Morgan fingerprint density at radius 2 is 2.00 bits per heavy atom. The minimum absolute atomic E-state index is 0.197. The monoisotopic (exact) mass is 392 g/mol. The predicted molar refractivity (Wildman–Crippen MR) is 90.1 cm³/mol. The van der Waals surface area contributed by atoms with Crippen LogP contribution in [0.1, 0.15) is 29.0 Å². The summed E-state index contributed by atoms with van der Waals surface area (Å²) < 4.78 is 2.54. The molecule has 1 aliphatic rings. The Morgan fingerprint density at radius 1 is 1.29 bits per heavy atom. The highest BCUT2D eigenvalue weighted by Gasteiger charge is 2.29. The molecule has 1 amide bonds. The van der Waals surface area contributed by atoms with Crippen LogP contribution in [0.2, 0.25) is 0 Å². The van der Waals surface area contributed by atoms with Gasteiger partial charge in [-0.3, -0.25) is 9.59 Å². The fourth-order valence-corrected chi connectivity index (χ4v) is 3.25. The van der Waals surface area contributed by atoms with Gasteiger partial charge in [-0.2, -0.15) is 0 Å². The summed E-state index contributed by atoms with van der Waals surface area (Å²) in [6.45, 7) is 2.66. The SMILES string of the molecule is Cc1c(C(=O)N2CCC(C(=O)O)CC2)nnn1-c1cccc(Br)c1. The van der Waals surface area contributed by atoms with Gasteiger partial charge in [0.15, 0.2) is 5.69 Å². The first-order valence-corrected chi connectivity index (χ1v) is 8.47. The molecule has 1 aromatic heterocycles. The van der Waals surface area contributed by atoms with Crippen LogP contribution in [-0.2, 0) is 4.79 Å². The highest BCUT2D eigenvalue weighted by molar-refractivity contribution is 9.10. The third-order valence-electron chi connectivity index (χ3n) is 4.28. The number of amides is 1. The van der Waals surface area contributed by atoms with E-state index in [1.165, 1.54) is 0 Å². The lowest BCUT2D eigenvalue weighted by molar-refractivity contribution is -0.143. The minimum atomic E-state index is -0.793. The lowest BCUT2D eigenvalue weighted by Crippen LogP contribution is -2.40. The second-order valence-corrected chi connectivity index (χ2v) is 6.74. The molecule has 1 fully saturated rings. The van der Waals surface area contributed by atoms with Crippen LogP contribution in [0.4, 0.5) is 0 Å². The predicted octanol–water partition coefficient (Wildman–Crippen LogP) is 2.28. The number of rotatable bonds is 3. The molecule has 1 aromatic carbocycles. The summed E-state index contributed by atoms with van der Waals surface area (Å²) in [6.07, 6.45) is 0.944. The quantitative estimate of drug-likeness (QED) is 0.865. The molecule has 2 aromatic rings. The number of aliphatic carboxylic acids is 1. The Balaban J connectivity index is 1.79. The number of halogens is 1. The van der Waals surface area contributed by atoms with Gasteiger partial charge < -0.3 is 10.0 Å². The van der Waals surface area contributed by atoms with Crippen molar-refractivity contribution in [2.75, 3.05) is 13.1 Å². The van der Waals surface area contributed by atoms with Crippen LogP contribution in [0.25, 0.3) is 5.69 Å². The van der Waals surface area contributed by atoms with Crippen molar-refractivity contribution in [1.82, 2.24) is 19.9 Å². The number of likely N-dealkylation sites (tertiary alicyclic amines) is 1. The molecular formula is C16H17BrN4O3. The van der Waals surface area contributed by atoms with Crippen LogP contribution in [0.15, 0.2) is 28.7 Å². The number of hydrogen-bond acceptors (Lipinski definition) is 4. The molecule has 0 atom stereocenters. The van der Waals surface area contributed by atoms with Crippen LogP contribution < -0.4 is 0 Å².